The maximum absolute atomic E-state index is 12.5. The van der Waals surface area contributed by atoms with Crippen molar-refractivity contribution in [3.8, 4) is 11.5 Å². The van der Waals surface area contributed by atoms with Gasteiger partial charge < -0.3 is 14.5 Å². The molecule has 1 aromatic heterocycles. The highest BCUT2D eigenvalue weighted by Crippen LogP contribution is 2.19. The Hall–Kier alpha value is -3.41. The lowest BCUT2D eigenvalue weighted by Crippen LogP contribution is -2.45. The minimum atomic E-state index is -0.760. The zero-order chi connectivity index (χ0) is 19.9. The third-order valence-corrected chi connectivity index (χ3v) is 4.17. The first-order chi connectivity index (χ1) is 13.5. The molecule has 0 spiro atoms. The fourth-order valence-corrected chi connectivity index (χ4v) is 2.63. The van der Waals surface area contributed by atoms with Gasteiger partial charge in [0.25, 0.3) is 5.91 Å². The van der Waals surface area contributed by atoms with Gasteiger partial charge in [0.05, 0.1) is 6.20 Å². The molecule has 0 saturated carbocycles. The monoisotopic (exact) mass is 378 g/mol. The molecule has 6 heteroatoms. The van der Waals surface area contributed by atoms with Gasteiger partial charge in [0.1, 0.15) is 6.04 Å². The summed E-state index contributed by atoms with van der Waals surface area (Å²) in [6.45, 7) is 3.64. The Kier molecular flexibility index (Phi) is 6.22. The number of amides is 1. The molecule has 144 valence electrons. The number of carbonyl (C=O) groups is 2. The largest absolute Gasteiger partial charge is 0.456 e. The van der Waals surface area contributed by atoms with Gasteiger partial charge in [-0.3, -0.25) is 4.79 Å². The number of rotatable bonds is 7. The summed E-state index contributed by atoms with van der Waals surface area (Å²) in [5.41, 5.74) is 1.33. The predicted molar refractivity (Wildman–Crippen MR) is 104 cm³/mol. The fraction of sp³-hybridized carbons (Fsp3) is 0.227. The van der Waals surface area contributed by atoms with Crippen molar-refractivity contribution in [2.24, 2.45) is 5.92 Å². The standard InChI is InChI=1S/C22H22N2O4/c1-15(2)19(24-20(25)16-9-5-3-6-10-16)22(26)27-14-18-13-23-21(28-18)17-11-7-4-8-12-17/h3-13,15,19H,14H2,1-2H3,(H,24,25). The topological polar surface area (TPSA) is 81.4 Å². The molecule has 0 aliphatic heterocycles. The van der Waals surface area contributed by atoms with Crippen LogP contribution in [-0.2, 0) is 16.1 Å². The SMILES string of the molecule is CC(C)C(NC(=O)c1ccccc1)C(=O)OCc1cnc(-c2ccccc2)o1. The molecular formula is C22H22N2O4. The number of nitrogens with zero attached hydrogens (tertiary/aromatic N) is 1. The van der Waals surface area contributed by atoms with Crippen LogP contribution in [0.25, 0.3) is 11.5 Å². The third kappa shape index (κ3) is 4.85. The molecule has 1 atom stereocenters. The maximum Gasteiger partial charge on any atom is 0.329 e. The van der Waals surface area contributed by atoms with E-state index in [1.165, 1.54) is 6.20 Å². The number of oxazole rings is 1. The van der Waals surface area contributed by atoms with Crippen molar-refractivity contribution in [1.82, 2.24) is 10.3 Å². The molecule has 0 fully saturated rings. The molecule has 1 unspecified atom stereocenters. The number of aromatic nitrogens is 1. The normalized spacial score (nSPS) is 11.8. The summed E-state index contributed by atoms with van der Waals surface area (Å²) in [7, 11) is 0. The van der Waals surface area contributed by atoms with E-state index >= 15 is 0 Å². The van der Waals surface area contributed by atoms with Crippen molar-refractivity contribution in [3.05, 3.63) is 78.2 Å². The van der Waals surface area contributed by atoms with Gasteiger partial charge in [-0.25, -0.2) is 9.78 Å². The molecular weight excluding hydrogens is 356 g/mol. The van der Waals surface area contributed by atoms with E-state index in [0.29, 0.717) is 17.2 Å². The molecule has 1 N–H and O–H groups in total. The van der Waals surface area contributed by atoms with Gasteiger partial charge in [-0.05, 0) is 30.2 Å². The number of hydrogen-bond acceptors (Lipinski definition) is 5. The van der Waals surface area contributed by atoms with Gasteiger partial charge in [-0.1, -0.05) is 50.2 Å². The number of nitrogens with one attached hydrogen (secondary N) is 1. The molecule has 0 aliphatic rings. The molecule has 2 aromatic carbocycles. The third-order valence-electron chi connectivity index (χ3n) is 4.17. The molecule has 3 rings (SSSR count). The van der Waals surface area contributed by atoms with E-state index in [9.17, 15) is 9.59 Å². The maximum atomic E-state index is 12.5. The van der Waals surface area contributed by atoms with Crippen molar-refractivity contribution in [2.45, 2.75) is 26.5 Å². The van der Waals surface area contributed by atoms with Gasteiger partial charge >= 0.3 is 5.97 Å². The Morgan fingerprint density at radius 2 is 1.68 bits per heavy atom. The van der Waals surface area contributed by atoms with Crippen molar-refractivity contribution < 1.29 is 18.7 Å². The number of ether oxygens (including phenoxy) is 1. The van der Waals surface area contributed by atoms with Crippen LogP contribution in [0.5, 0.6) is 0 Å². The van der Waals surface area contributed by atoms with Crippen LogP contribution in [0.3, 0.4) is 0 Å². The van der Waals surface area contributed by atoms with E-state index in [-0.39, 0.29) is 18.4 Å². The highest BCUT2D eigenvalue weighted by atomic mass is 16.5. The van der Waals surface area contributed by atoms with Crippen molar-refractivity contribution in [1.29, 1.82) is 0 Å². The van der Waals surface area contributed by atoms with E-state index in [1.54, 1.807) is 24.3 Å². The van der Waals surface area contributed by atoms with E-state index in [0.717, 1.165) is 5.56 Å². The zero-order valence-corrected chi connectivity index (χ0v) is 15.8. The summed E-state index contributed by atoms with van der Waals surface area (Å²) in [6.07, 6.45) is 1.53. The Balaban J connectivity index is 1.60. The average Bonchev–Trinajstić information content (AvgIpc) is 3.20. The molecule has 1 heterocycles. The lowest BCUT2D eigenvalue weighted by molar-refractivity contribution is -0.149. The molecule has 3 aromatic rings. The molecule has 0 aliphatic carbocycles. The molecule has 1 amide bonds. The average molecular weight is 378 g/mol. The summed E-state index contributed by atoms with van der Waals surface area (Å²) in [5.74, 6) is -0.0671. The van der Waals surface area contributed by atoms with Crippen LogP contribution in [0, 0.1) is 5.92 Å². The van der Waals surface area contributed by atoms with Crippen molar-refractivity contribution in [3.63, 3.8) is 0 Å². The molecule has 0 radical (unpaired) electrons. The quantitative estimate of drug-likeness (QED) is 0.632. The molecule has 0 saturated heterocycles. The van der Waals surface area contributed by atoms with Gasteiger partial charge in [0.2, 0.25) is 5.89 Å². The van der Waals surface area contributed by atoms with Crippen LogP contribution >= 0.6 is 0 Å². The van der Waals surface area contributed by atoms with Crippen molar-refractivity contribution in [2.75, 3.05) is 0 Å². The summed E-state index contributed by atoms with van der Waals surface area (Å²) in [6, 6.07) is 17.4. The highest BCUT2D eigenvalue weighted by molar-refractivity contribution is 5.96. The number of benzene rings is 2. The number of hydrogen-bond donors (Lipinski definition) is 1. The second-order valence-electron chi connectivity index (χ2n) is 6.67. The Morgan fingerprint density at radius 3 is 2.32 bits per heavy atom. The highest BCUT2D eigenvalue weighted by Gasteiger charge is 2.26. The van der Waals surface area contributed by atoms with Crippen molar-refractivity contribution >= 4 is 11.9 Å². The summed E-state index contributed by atoms with van der Waals surface area (Å²) in [5, 5.41) is 2.74. The fourth-order valence-electron chi connectivity index (χ4n) is 2.63. The molecule has 28 heavy (non-hydrogen) atoms. The van der Waals surface area contributed by atoms with E-state index in [2.05, 4.69) is 10.3 Å². The Labute approximate surface area is 163 Å². The van der Waals surface area contributed by atoms with Crippen LogP contribution < -0.4 is 5.32 Å². The Bertz CT molecular complexity index is 920. The van der Waals surface area contributed by atoms with E-state index in [4.69, 9.17) is 9.15 Å². The first-order valence-corrected chi connectivity index (χ1v) is 9.07. The minimum absolute atomic E-state index is 0.0525. The number of carbonyl (C=O) groups excluding carboxylic acids is 2. The first kappa shape index (κ1) is 19.4. The lowest BCUT2D eigenvalue weighted by atomic mass is 10.0. The van der Waals surface area contributed by atoms with Crippen LogP contribution in [0.1, 0.15) is 30.0 Å². The second-order valence-corrected chi connectivity index (χ2v) is 6.67. The van der Waals surface area contributed by atoms with Crippen LogP contribution in [0.15, 0.2) is 71.3 Å². The van der Waals surface area contributed by atoms with E-state index in [1.807, 2.05) is 50.2 Å². The predicted octanol–water partition coefficient (Wildman–Crippen LogP) is 3.84. The van der Waals surface area contributed by atoms with Gasteiger partial charge in [-0.2, -0.15) is 0 Å². The minimum Gasteiger partial charge on any atom is -0.456 e. The summed E-state index contributed by atoms with van der Waals surface area (Å²) in [4.78, 5) is 29.1. The summed E-state index contributed by atoms with van der Waals surface area (Å²) < 4.78 is 11.0. The summed E-state index contributed by atoms with van der Waals surface area (Å²) >= 11 is 0. The van der Waals surface area contributed by atoms with Gasteiger partial charge in [-0.15, -0.1) is 0 Å². The smallest absolute Gasteiger partial charge is 0.329 e. The zero-order valence-electron chi connectivity index (χ0n) is 15.8. The second kappa shape index (κ2) is 8.99. The Morgan fingerprint density at radius 1 is 1.04 bits per heavy atom. The number of esters is 1. The molecule has 0 bridgehead atoms. The molecule has 6 nitrogen and oxygen atoms in total. The first-order valence-electron chi connectivity index (χ1n) is 9.07. The van der Waals surface area contributed by atoms with Crippen LogP contribution in [0.4, 0.5) is 0 Å². The van der Waals surface area contributed by atoms with Gasteiger partial charge in [0.15, 0.2) is 12.4 Å². The van der Waals surface area contributed by atoms with Gasteiger partial charge in [0, 0.05) is 11.1 Å². The van der Waals surface area contributed by atoms with Crippen LogP contribution in [-0.4, -0.2) is 22.9 Å². The lowest BCUT2D eigenvalue weighted by Gasteiger charge is -2.20. The van der Waals surface area contributed by atoms with E-state index < -0.39 is 12.0 Å². The van der Waals surface area contributed by atoms with Crippen LogP contribution in [0.2, 0.25) is 0 Å².